The molecule has 0 bridgehead atoms. The van der Waals surface area contributed by atoms with Crippen LogP contribution in [0, 0.1) is 19.8 Å². The van der Waals surface area contributed by atoms with Crippen LogP contribution >= 0.6 is 0 Å². The van der Waals surface area contributed by atoms with E-state index in [-0.39, 0.29) is 17.4 Å². The van der Waals surface area contributed by atoms with E-state index in [1.54, 1.807) is 24.3 Å². The maximum absolute atomic E-state index is 13.2. The molecule has 0 aliphatic heterocycles. The molecule has 0 fully saturated rings. The minimum atomic E-state index is -3.66. The van der Waals surface area contributed by atoms with Crippen LogP contribution in [-0.2, 0) is 16.6 Å². The van der Waals surface area contributed by atoms with Gasteiger partial charge >= 0.3 is 0 Å². The lowest BCUT2D eigenvalue weighted by atomic mass is 10.1. The molecule has 5 heteroatoms. The van der Waals surface area contributed by atoms with Crippen molar-refractivity contribution in [2.24, 2.45) is 5.92 Å². The Morgan fingerprint density at radius 1 is 1.04 bits per heavy atom. The summed E-state index contributed by atoms with van der Waals surface area (Å²) in [5.74, 6) is 0.192. The molecular weight excluding hydrogens is 322 g/mol. The third-order valence-corrected chi connectivity index (χ3v) is 5.64. The molecule has 1 N–H and O–H groups in total. The minimum absolute atomic E-state index is 0.104. The average molecular weight is 347 g/mol. The van der Waals surface area contributed by atoms with Gasteiger partial charge in [0.2, 0.25) is 0 Å². The lowest BCUT2D eigenvalue weighted by Crippen LogP contribution is -2.34. The number of aryl methyl sites for hydroxylation is 2. The van der Waals surface area contributed by atoms with Crippen LogP contribution in [0.25, 0.3) is 0 Å². The van der Waals surface area contributed by atoms with Crippen molar-refractivity contribution >= 4 is 15.7 Å². The normalized spacial score (nSPS) is 11.8. The molecule has 0 aliphatic carbocycles. The number of benzene rings is 2. The predicted molar refractivity (Wildman–Crippen MR) is 97.7 cm³/mol. The Morgan fingerprint density at radius 3 is 2.17 bits per heavy atom. The molecule has 0 amide bonds. The second-order valence-electron chi connectivity index (χ2n) is 6.52. The van der Waals surface area contributed by atoms with Gasteiger partial charge in [0.15, 0.2) is 0 Å². The first-order chi connectivity index (χ1) is 11.3. The third-order valence-electron chi connectivity index (χ3n) is 3.85. The fraction of sp³-hybridized carbons (Fsp3) is 0.368. The Labute approximate surface area is 144 Å². The number of anilines is 1. The van der Waals surface area contributed by atoms with Crippen LogP contribution in [-0.4, -0.2) is 20.1 Å². The summed E-state index contributed by atoms with van der Waals surface area (Å²) in [6.07, 6.45) is 0. The number of hydrogen-bond donors (Lipinski definition) is 1. The molecular formula is C19H25NO3S. The molecule has 24 heavy (non-hydrogen) atoms. The zero-order chi connectivity index (χ0) is 17.9. The molecule has 0 saturated heterocycles. The van der Waals surface area contributed by atoms with Crippen molar-refractivity contribution in [1.29, 1.82) is 0 Å². The van der Waals surface area contributed by atoms with Crippen LogP contribution in [0.3, 0.4) is 0 Å². The van der Waals surface area contributed by atoms with E-state index < -0.39 is 10.0 Å². The first kappa shape index (κ1) is 18.5. The summed E-state index contributed by atoms with van der Waals surface area (Å²) in [5.41, 5.74) is 3.44. The van der Waals surface area contributed by atoms with Crippen LogP contribution in [0.2, 0.25) is 0 Å². The minimum Gasteiger partial charge on any atom is -0.392 e. The SMILES string of the molecule is Cc1ccc(N(CC(C)C)S(=O)(=O)c2ccc(CO)cc2)c(C)c1. The summed E-state index contributed by atoms with van der Waals surface area (Å²) in [6.45, 7) is 8.23. The Morgan fingerprint density at radius 2 is 1.67 bits per heavy atom. The average Bonchev–Trinajstić information content (AvgIpc) is 2.53. The Hall–Kier alpha value is -1.85. The van der Waals surface area contributed by atoms with Gasteiger partial charge in [-0.15, -0.1) is 0 Å². The quantitative estimate of drug-likeness (QED) is 0.868. The second kappa shape index (κ2) is 7.36. The molecule has 2 rings (SSSR count). The van der Waals surface area contributed by atoms with Crippen LogP contribution < -0.4 is 4.31 Å². The number of hydrogen-bond acceptors (Lipinski definition) is 3. The van der Waals surface area contributed by atoms with E-state index in [1.807, 2.05) is 45.9 Å². The van der Waals surface area contributed by atoms with Gasteiger partial charge in [0.1, 0.15) is 0 Å². The van der Waals surface area contributed by atoms with Crippen molar-refractivity contribution in [1.82, 2.24) is 0 Å². The highest BCUT2D eigenvalue weighted by atomic mass is 32.2. The van der Waals surface area contributed by atoms with Crippen molar-refractivity contribution in [2.45, 2.75) is 39.2 Å². The molecule has 0 aromatic heterocycles. The van der Waals surface area contributed by atoms with E-state index in [1.165, 1.54) is 4.31 Å². The Bertz CT molecular complexity index is 796. The van der Waals surface area contributed by atoms with Crippen molar-refractivity contribution in [3.8, 4) is 0 Å². The number of nitrogens with zero attached hydrogens (tertiary/aromatic N) is 1. The maximum atomic E-state index is 13.2. The summed E-state index contributed by atoms with van der Waals surface area (Å²) in [5, 5.41) is 9.14. The van der Waals surface area contributed by atoms with Gasteiger partial charge in [-0.05, 0) is 49.1 Å². The summed E-state index contributed by atoms with van der Waals surface area (Å²) in [6, 6.07) is 12.2. The van der Waals surface area contributed by atoms with Crippen LogP contribution in [0.1, 0.15) is 30.5 Å². The Balaban J connectivity index is 2.52. The second-order valence-corrected chi connectivity index (χ2v) is 8.38. The van der Waals surface area contributed by atoms with Gasteiger partial charge in [-0.3, -0.25) is 4.31 Å². The molecule has 0 spiro atoms. The molecule has 0 saturated carbocycles. The van der Waals surface area contributed by atoms with Crippen molar-refractivity contribution in [2.75, 3.05) is 10.8 Å². The van der Waals surface area contributed by atoms with E-state index in [9.17, 15) is 8.42 Å². The van der Waals surface area contributed by atoms with E-state index in [0.29, 0.717) is 17.8 Å². The predicted octanol–water partition coefficient (Wildman–Crippen LogP) is 3.65. The third kappa shape index (κ3) is 3.97. The summed E-state index contributed by atoms with van der Waals surface area (Å²) >= 11 is 0. The topological polar surface area (TPSA) is 57.6 Å². The first-order valence-corrected chi connectivity index (χ1v) is 9.49. The highest BCUT2D eigenvalue weighted by Gasteiger charge is 2.26. The van der Waals surface area contributed by atoms with Crippen molar-refractivity contribution < 1.29 is 13.5 Å². The van der Waals surface area contributed by atoms with Gasteiger partial charge in [-0.1, -0.05) is 43.7 Å². The number of aliphatic hydroxyl groups excluding tert-OH is 1. The van der Waals surface area contributed by atoms with Gasteiger partial charge in [0.05, 0.1) is 17.2 Å². The smallest absolute Gasteiger partial charge is 0.264 e. The maximum Gasteiger partial charge on any atom is 0.264 e. The van der Waals surface area contributed by atoms with Crippen LogP contribution in [0.5, 0.6) is 0 Å². The zero-order valence-electron chi connectivity index (χ0n) is 14.7. The van der Waals surface area contributed by atoms with E-state index >= 15 is 0 Å². The molecule has 2 aromatic carbocycles. The number of aliphatic hydroxyl groups is 1. The monoisotopic (exact) mass is 347 g/mol. The van der Waals surface area contributed by atoms with E-state index in [0.717, 1.165) is 11.1 Å². The van der Waals surface area contributed by atoms with Crippen molar-refractivity contribution in [3.63, 3.8) is 0 Å². The van der Waals surface area contributed by atoms with Gasteiger partial charge in [0, 0.05) is 6.54 Å². The Kier molecular flexibility index (Phi) is 5.67. The molecule has 2 aromatic rings. The molecule has 0 aliphatic rings. The fourth-order valence-electron chi connectivity index (χ4n) is 2.64. The molecule has 0 unspecified atom stereocenters. The van der Waals surface area contributed by atoms with E-state index in [4.69, 9.17) is 5.11 Å². The zero-order valence-corrected chi connectivity index (χ0v) is 15.5. The number of sulfonamides is 1. The lowest BCUT2D eigenvalue weighted by Gasteiger charge is -2.28. The summed E-state index contributed by atoms with van der Waals surface area (Å²) < 4.78 is 27.8. The molecule has 0 heterocycles. The summed E-state index contributed by atoms with van der Waals surface area (Å²) in [4.78, 5) is 0.236. The highest BCUT2D eigenvalue weighted by molar-refractivity contribution is 7.92. The largest absolute Gasteiger partial charge is 0.392 e. The standard InChI is InChI=1S/C19H25NO3S/c1-14(2)12-20(19-10-5-15(3)11-16(19)4)24(22,23)18-8-6-17(13-21)7-9-18/h5-11,14,21H,12-13H2,1-4H3. The molecule has 0 atom stereocenters. The van der Waals surface area contributed by atoms with Gasteiger partial charge in [0.25, 0.3) is 10.0 Å². The molecule has 0 radical (unpaired) electrons. The molecule has 4 nitrogen and oxygen atoms in total. The van der Waals surface area contributed by atoms with Gasteiger partial charge in [-0.25, -0.2) is 8.42 Å². The number of rotatable bonds is 6. The highest BCUT2D eigenvalue weighted by Crippen LogP contribution is 2.28. The molecule has 130 valence electrons. The van der Waals surface area contributed by atoms with Crippen LogP contribution in [0.4, 0.5) is 5.69 Å². The van der Waals surface area contributed by atoms with Crippen LogP contribution in [0.15, 0.2) is 47.4 Å². The first-order valence-electron chi connectivity index (χ1n) is 8.05. The summed E-state index contributed by atoms with van der Waals surface area (Å²) in [7, 11) is -3.66. The fourth-order valence-corrected chi connectivity index (χ4v) is 4.33. The van der Waals surface area contributed by atoms with Gasteiger partial charge < -0.3 is 5.11 Å². The van der Waals surface area contributed by atoms with Gasteiger partial charge in [-0.2, -0.15) is 0 Å². The lowest BCUT2D eigenvalue weighted by molar-refractivity contribution is 0.282. The van der Waals surface area contributed by atoms with Crippen molar-refractivity contribution in [3.05, 3.63) is 59.2 Å². The van der Waals surface area contributed by atoms with E-state index in [2.05, 4.69) is 0 Å².